The van der Waals surface area contributed by atoms with Crippen LogP contribution in [-0.2, 0) is 38.7 Å². The zero-order valence-electron chi connectivity index (χ0n) is 38.8. The predicted octanol–water partition coefficient (Wildman–Crippen LogP) is 10.8. The van der Waals surface area contributed by atoms with E-state index >= 15 is 0 Å². The number of hydrogen-bond donors (Lipinski definition) is 4. The lowest BCUT2D eigenvalue weighted by Crippen LogP contribution is -2.60. The van der Waals surface area contributed by atoms with Crippen LogP contribution in [0.4, 0.5) is 0 Å². The Morgan fingerprint density at radius 2 is 0.836 bits per heavy atom. The van der Waals surface area contributed by atoms with Gasteiger partial charge in [0.05, 0.1) is 6.61 Å². The molecule has 0 spiro atoms. The van der Waals surface area contributed by atoms with Gasteiger partial charge in [-0.3, -0.25) is 14.1 Å². The average Bonchev–Trinajstić information content (AvgIpc) is 3.22. The standard InChI is InChI=1S/C48H92O12S/c1-3-5-7-9-11-13-15-16-17-18-19-20-21-22-23-24-25-26-27-29-30-32-34-36-43(49)57-38-41(59-44(50)37-35-33-31-28-14-12-10-8-6-4-2)39-58-48-47(53)46(52)45(51)42(60-48)40-61(54,55)56/h41-42,45-48,51-53H,3-40H2,1-2H3,(H,54,55,56)/t41-,42-,45-,46?,47?,48+/m1/s1. The third kappa shape index (κ3) is 33.8. The van der Waals surface area contributed by atoms with Crippen molar-refractivity contribution in [2.45, 2.75) is 275 Å². The molecule has 0 saturated carbocycles. The zero-order valence-corrected chi connectivity index (χ0v) is 39.6. The van der Waals surface area contributed by atoms with Crippen molar-refractivity contribution in [1.29, 1.82) is 0 Å². The number of carbonyl (C=O) groups is 2. The molecule has 1 heterocycles. The molecule has 362 valence electrons. The lowest BCUT2D eigenvalue weighted by atomic mass is 10.00. The van der Waals surface area contributed by atoms with Gasteiger partial charge in [0.25, 0.3) is 10.1 Å². The van der Waals surface area contributed by atoms with E-state index in [1.807, 2.05) is 0 Å². The molecule has 1 fully saturated rings. The maximum atomic E-state index is 12.8. The molecule has 13 heteroatoms. The van der Waals surface area contributed by atoms with Gasteiger partial charge in [0, 0.05) is 12.8 Å². The second kappa shape index (κ2) is 39.1. The van der Waals surface area contributed by atoms with Gasteiger partial charge >= 0.3 is 11.9 Å². The van der Waals surface area contributed by atoms with Crippen molar-refractivity contribution >= 4 is 22.1 Å². The lowest BCUT2D eigenvalue weighted by Gasteiger charge is -2.40. The molecule has 0 aliphatic carbocycles. The van der Waals surface area contributed by atoms with Crippen LogP contribution in [0.2, 0.25) is 0 Å². The SMILES string of the molecule is CCCCCCCCCCCCCCCCCCCCCCCCCC(=O)OC[C@H](CO[C@H]1O[C@H](CS(=O)(=O)O)[C@@H](O)C(O)C1O)OC(=O)CCCCCCCCCCCC. The highest BCUT2D eigenvalue weighted by molar-refractivity contribution is 7.85. The Kier molecular flexibility index (Phi) is 36.9. The number of unbranched alkanes of at least 4 members (excludes halogenated alkanes) is 31. The van der Waals surface area contributed by atoms with Crippen molar-refractivity contribution < 1.29 is 56.8 Å². The number of rotatable bonds is 43. The highest BCUT2D eigenvalue weighted by Gasteiger charge is 2.46. The largest absolute Gasteiger partial charge is 0.462 e. The predicted molar refractivity (Wildman–Crippen MR) is 243 cm³/mol. The van der Waals surface area contributed by atoms with E-state index in [-0.39, 0.29) is 19.4 Å². The highest BCUT2D eigenvalue weighted by atomic mass is 32.2. The minimum Gasteiger partial charge on any atom is -0.462 e. The van der Waals surface area contributed by atoms with Crippen LogP contribution in [0.25, 0.3) is 0 Å². The lowest BCUT2D eigenvalue weighted by molar-refractivity contribution is -0.297. The van der Waals surface area contributed by atoms with Gasteiger partial charge in [-0.25, -0.2) is 0 Å². The van der Waals surface area contributed by atoms with Gasteiger partial charge < -0.3 is 34.3 Å². The maximum Gasteiger partial charge on any atom is 0.306 e. The first-order chi connectivity index (χ1) is 29.5. The summed E-state index contributed by atoms with van der Waals surface area (Å²) in [6, 6.07) is 0. The number of esters is 2. The first-order valence-electron chi connectivity index (χ1n) is 25.1. The van der Waals surface area contributed by atoms with Gasteiger partial charge in [0.2, 0.25) is 0 Å². The Balaban J connectivity index is 2.28. The Morgan fingerprint density at radius 1 is 0.492 bits per heavy atom. The second-order valence-electron chi connectivity index (χ2n) is 17.9. The minimum atomic E-state index is -4.60. The third-order valence-corrected chi connectivity index (χ3v) is 12.7. The van der Waals surface area contributed by atoms with E-state index in [9.17, 15) is 37.9 Å². The quantitative estimate of drug-likeness (QED) is 0.0258. The normalized spacial score (nSPS) is 19.9. The van der Waals surface area contributed by atoms with E-state index in [0.717, 1.165) is 38.5 Å². The molecule has 1 rings (SSSR count). The van der Waals surface area contributed by atoms with Gasteiger partial charge in [-0.1, -0.05) is 213 Å². The van der Waals surface area contributed by atoms with Crippen LogP contribution in [0.1, 0.15) is 239 Å². The molecule has 0 aromatic carbocycles. The van der Waals surface area contributed by atoms with Gasteiger partial charge in [-0.15, -0.1) is 0 Å². The summed E-state index contributed by atoms with van der Waals surface area (Å²) in [6.07, 6.45) is 31.7. The molecule has 0 aromatic rings. The third-order valence-electron chi connectivity index (χ3n) is 11.9. The smallest absolute Gasteiger partial charge is 0.306 e. The molecule has 0 radical (unpaired) electrons. The number of hydrogen-bond acceptors (Lipinski definition) is 11. The molecule has 0 amide bonds. The molecular formula is C48H92O12S. The first-order valence-corrected chi connectivity index (χ1v) is 26.7. The van der Waals surface area contributed by atoms with Gasteiger partial charge in [0.1, 0.15) is 36.8 Å². The van der Waals surface area contributed by atoms with Crippen molar-refractivity contribution in [2.75, 3.05) is 19.0 Å². The van der Waals surface area contributed by atoms with E-state index in [2.05, 4.69) is 13.8 Å². The molecule has 1 aliphatic heterocycles. The summed E-state index contributed by atoms with van der Waals surface area (Å²) in [4.78, 5) is 25.4. The Labute approximate surface area is 372 Å². The Hall–Kier alpha value is -1.35. The summed E-state index contributed by atoms with van der Waals surface area (Å²) < 4.78 is 54.1. The average molecular weight is 893 g/mol. The fraction of sp³-hybridized carbons (Fsp3) is 0.958. The van der Waals surface area contributed by atoms with Crippen molar-refractivity contribution in [3.05, 3.63) is 0 Å². The molecule has 6 atom stereocenters. The number of ether oxygens (including phenoxy) is 4. The number of aliphatic hydroxyl groups excluding tert-OH is 3. The number of aliphatic hydroxyl groups is 3. The van der Waals surface area contributed by atoms with E-state index in [1.165, 1.54) is 161 Å². The second-order valence-corrected chi connectivity index (χ2v) is 19.3. The molecule has 4 N–H and O–H groups in total. The summed E-state index contributed by atoms with van der Waals surface area (Å²) >= 11 is 0. The van der Waals surface area contributed by atoms with Crippen LogP contribution in [0.15, 0.2) is 0 Å². The van der Waals surface area contributed by atoms with E-state index < -0.39 is 71.2 Å². The highest BCUT2D eigenvalue weighted by Crippen LogP contribution is 2.24. The summed E-state index contributed by atoms with van der Waals surface area (Å²) in [5, 5.41) is 30.9. The molecule has 12 nitrogen and oxygen atoms in total. The Bertz CT molecular complexity index is 1140. The van der Waals surface area contributed by atoms with E-state index in [4.69, 9.17) is 18.9 Å². The molecule has 61 heavy (non-hydrogen) atoms. The topological polar surface area (TPSA) is 186 Å². The molecular weight excluding hydrogens is 801 g/mol. The molecule has 1 aliphatic rings. The molecule has 0 bridgehead atoms. The molecule has 2 unspecified atom stereocenters. The van der Waals surface area contributed by atoms with Crippen LogP contribution in [0, 0.1) is 0 Å². The van der Waals surface area contributed by atoms with Crippen molar-refractivity contribution in [1.82, 2.24) is 0 Å². The van der Waals surface area contributed by atoms with Crippen LogP contribution in [-0.4, -0.2) is 96.0 Å². The van der Waals surface area contributed by atoms with Crippen molar-refractivity contribution in [3.63, 3.8) is 0 Å². The summed E-state index contributed by atoms with van der Waals surface area (Å²) in [5.41, 5.74) is 0. The summed E-state index contributed by atoms with van der Waals surface area (Å²) in [6.45, 7) is 3.78. The van der Waals surface area contributed by atoms with E-state index in [0.29, 0.717) is 12.8 Å². The molecule has 0 aromatic heterocycles. The van der Waals surface area contributed by atoms with E-state index in [1.54, 1.807) is 0 Å². The monoisotopic (exact) mass is 893 g/mol. The van der Waals surface area contributed by atoms with Gasteiger partial charge in [-0.2, -0.15) is 8.42 Å². The fourth-order valence-corrected chi connectivity index (χ4v) is 8.72. The van der Waals surface area contributed by atoms with Crippen LogP contribution >= 0.6 is 0 Å². The summed E-state index contributed by atoms with van der Waals surface area (Å²) in [7, 11) is -4.60. The fourth-order valence-electron chi connectivity index (χ4n) is 8.03. The van der Waals surface area contributed by atoms with Crippen LogP contribution in [0.3, 0.4) is 0 Å². The van der Waals surface area contributed by atoms with Crippen LogP contribution in [0.5, 0.6) is 0 Å². The first kappa shape index (κ1) is 57.7. The molecule has 1 saturated heterocycles. The van der Waals surface area contributed by atoms with Crippen LogP contribution < -0.4 is 0 Å². The van der Waals surface area contributed by atoms with Gasteiger partial charge in [-0.05, 0) is 12.8 Å². The minimum absolute atomic E-state index is 0.171. The summed E-state index contributed by atoms with van der Waals surface area (Å²) in [5.74, 6) is -1.96. The zero-order chi connectivity index (χ0) is 44.8. The number of carbonyl (C=O) groups excluding carboxylic acids is 2. The van der Waals surface area contributed by atoms with Crippen molar-refractivity contribution in [2.24, 2.45) is 0 Å². The van der Waals surface area contributed by atoms with Crippen molar-refractivity contribution in [3.8, 4) is 0 Å². The maximum absolute atomic E-state index is 12.8. The van der Waals surface area contributed by atoms with Gasteiger partial charge in [0.15, 0.2) is 12.4 Å². The Morgan fingerprint density at radius 3 is 1.20 bits per heavy atom.